The number of amides is 1. The first kappa shape index (κ1) is 23.7. The SMILES string of the molecule is O=C(Cn1ccc2c(Oc3ccc([N+](=O)[O-])cn3)cccc21)N1CCN(Cc2ccc3c(c2)OCO3)CC1. The van der Waals surface area contributed by atoms with Crippen LogP contribution >= 0.6 is 0 Å². The largest absolute Gasteiger partial charge is 0.454 e. The monoisotopic (exact) mass is 515 g/mol. The number of aromatic nitrogens is 2. The molecule has 11 nitrogen and oxygen atoms in total. The van der Waals surface area contributed by atoms with E-state index >= 15 is 0 Å². The molecule has 0 bridgehead atoms. The van der Waals surface area contributed by atoms with Gasteiger partial charge in [0.05, 0.1) is 10.4 Å². The van der Waals surface area contributed by atoms with Gasteiger partial charge in [0.15, 0.2) is 11.5 Å². The topological polar surface area (TPSA) is 112 Å². The van der Waals surface area contributed by atoms with E-state index in [1.807, 2.05) is 46.0 Å². The maximum absolute atomic E-state index is 13.1. The molecule has 0 aliphatic carbocycles. The zero-order chi connectivity index (χ0) is 26.1. The fourth-order valence-corrected chi connectivity index (χ4v) is 4.77. The second-order valence-corrected chi connectivity index (χ2v) is 9.19. The number of hydrogen-bond donors (Lipinski definition) is 0. The molecule has 11 heteroatoms. The molecule has 1 fully saturated rings. The van der Waals surface area contributed by atoms with E-state index in [1.54, 1.807) is 6.07 Å². The molecule has 1 saturated heterocycles. The van der Waals surface area contributed by atoms with E-state index in [4.69, 9.17) is 14.2 Å². The quantitative estimate of drug-likeness (QED) is 0.270. The van der Waals surface area contributed by atoms with E-state index < -0.39 is 4.92 Å². The summed E-state index contributed by atoms with van der Waals surface area (Å²) in [6, 6.07) is 16.3. The van der Waals surface area contributed by atoms with E-state index in [-0.39, 0.29) is 30.8 Å². The molecule has 2 aromatic heterocycles. The van der Waals surface area contributed by atoms with Gasteiger partial charge < -0.3 is 23.7 Å². The van der Waals surface area contributed by atoms with Crippen LogP contribution in [0.1, 0.15) is 5.56 Å². The molecule has 2 aromatic carbocycles. The average Bonchev–Trinajstić information content (AvgIpc) is 3.57. The number of benzene rings is 2. The van der Waals surface area contributed by atoms with E-state index in [1.165, 1.54) is 12.1 Å². The number of carbonyl (C=O) groups is 1. The van der Waals surface area contributed by atoms with Crippen LogP contribution in [0.25, 0.3) is 10.9 Å². The van der Waals surface area contributed by atoms with E-state index in [0.29, 0.717) is 18.8 Å². The van der Waals surface area contributed by atoms with Crippen molar-refractivity contribution in [1.29, 1.82) is 0 Å². The molecule has 38 heavy (non-hydrogen) atoms. The fourth-order valence-electron chi connectivity index (χ4n) is 4.77. The molecule has 0 atom stereocenters. The Bertz CT molecular complexity index is 1490. The predicted molar refractivity (Wildman–Crippen MR) is 137 cm³/mol. The van der Waals surface area contributed by atoms with Crippen LogP contribution in [0.5, 0.6) is 23.1 Å². The lowest BCUT2D eigenvalue weighted by Gasteiger charge is -2.35. The zero-order valence-electron chi connectivity index (χ0n) is 20.5. The Morgan fingerprint density at radius 2 is 1.87 bits per heavy atom. The van der Waals surface area contributed by atoms with Crippen LogP contribution in [0.3, 0.4) is 0 Å². The summed E-state index contributed by atoms with van der Waals surface area (Å²) in [6.07, 6.45) is 3.03. The van der Waals surface area contributed by atoms with Gasteiger partial charge in [0.2, 0.25) is 18.6 Å². The molecule has 0 spiro atoms. The van der Waals surface area contributed by atoms with Crippen LogP contribution in [0.2, 0.25) is 0 Å². The molecule has 6 rings (SSSR count). The third-order valence-corrected chi connectivity index (χ3v) is 6.79. The first-order chi connectivity index (χ1) is 18.5. The van der Waals surface area contributed by atoms with E-state index in [2.05, 4.69) is 16.0 Å². The van der Waals surface area contributed by atoms with Crippen LogP contribution in [-0.2, 0) is 17.9 Å². The summed E-state index contributed by atoms with van der Waals surface area (Å²) < 4.78 is 18.7. The molecule has 2 aliphatic heterocycles. The molecule has 2 aliphatic rings. The normalized spacial score (nSPS) is 15.1. The third-order valence-electron chi connectivity index (χ3n) is 6.79. The van der Waals surface area contributed by atoms with Gasteiger partial charge in [0, 0.05) is 56.4 Å². The van der Waals surface area contributed by atoms with Crippen molar-refractivity contribution in [3.05, 3.63) is 82.7 Å². The fraction of sp³-hybridized carbons (Fsp3) is 0.259. The second kappa shape index (κ2) is 10.0. The van der Waals surface area contributed by atoms with Crippen molar-refractivity contribution in [2.45, 2.75) is 13.1 Å². The first-order valence-corrected chi connectivity index (χ1v) is 12.3. The number of nitro groups is 1. The van der Waals surface area contributed by atoms with Gasteiger partial charge in [0.25, 0.3) is 5.69 Å². The van der Waals surface area contributed by atoms with Gasteiger partial charge in [-0.3, -0.25) is 19.8 Å². The summed E-state index contributed by atoms with van der Waals surface area (Å²) in [5, 5.41) is 11.7. The lowest BCUT2D eigenvalue weighted by Crippen LogP contribution is -2.49. The highest BCUT2D eigenvalue weighted by atomic mass is 16.7. The minimum atomic E-state index is -0.506. The smallest absolute Gasteiger partial charge is 0.287 e. The molecule has 1 amide bonds. The Morgan fingerprint density at radius 3 is 2.66 bits per heavy atom. The number of carbonyl (C=O) groups excluding carboxylic acids is 1. The zero-order valence-corrected chi connectivity index (χ0v) is 20.5. The Balaban J connectivity index is 1.07. The van der Waals surface area contributed by atoms with Gasteiger partial charge in [-0.2, -0.15) is 0 Å². The number of rotatable bonds is 7. The third kappa shape index (κ3) is 4.83. The highest BCUT2D eigenvalue weighted by Gasteiger charge is 2.23. The van der Waals surface area contributed by atoms with Crippen LogP contribution < -0.4 is 14.2 Å². The lowest BCUT2D eigenvalue weighted by molar-refractivity contribution is -0.385. The highest BCUT2D eigenvalue weighted by Crippen LogP contribution is 2.33. The van der Waals surface area contributed by atoms with Crippen molar-refractivity contribution >= 4 is 22.5 Å². The van der Waals surface area contributed by atoms with Crippen molar-refractivity contribution in [2.75, 3.05) is 33.0 Å². The van der Waals surface area contributed by atoms with Crippen molar-refractivity contribution in [3.8, 4) is 23.1 Å². The summed E-state index contributed by atoms with van der Waals surface area (Å²) in [5.74, 6) is 2.45. The van der Waals surface area contributed by atoms with Gasteiger partial charge >= 0.3 is 0 Å². The molecule has 0 saturated carbocycles. The van der Waals surface area contributed by atoms with Crippen LogP contribution in [-0.4, -0.2) is 63.2 Å². The average molecular weight is 516 g/mol. The Labute approximate surface area is 217 Å². The van der Waals surface area contributed by atoms with Gasteiger partial charge in [0.1, 0.15) is 18.5 Å². The van der Waals surface area contributed by atoms with Crippen molar-refractivity contribution in [1.82, 2.24) is 19.4 Å². The van der Waals surface area contributed by atoms with Crippen molar-refractivity contribution in [3.63, 3.8) is 0 Å². The molecule has 0 radical (unpaired) electrons. The van der Waals surface area contributed by atoms with Crippen molar-refractivity contribution in [2.24, 2.45) is 0 Å². The first-order valence-electron chi connectivity index (χ1n) is 12.3. The summed E-state index contributed by atoms with van der Waals surface area (Å²) in [5.41, 5.74) is 1.92. The van der Waals surface area contributed by atoms with Gasteiger partial charge in [-0.15, -0.1) is 0 Å². The van der Waals surface area contributed by atoms with Crippen LogP contribution in [0.15, 0.2) is 67.0 Å². The number of fused-ring (bicyclic) bond motifs is 2. The summed E-state index contributed by atoms with van der Waals surface area (Å²) in [7, 11) is 0. The van der Waals surface area contributed by atoms with Gasteiger partial charge in [-0.05, 0) is 35.9 Å². The van der Waals surface area contributed by atoms with E-state index in [0.717, 1.165) is 53.8 Å². The van der Waals surface area contributed by atoms with Crippen molar-refractivity contribution < 1.29 is 23.9 Å². The molecular weight excluding hydrogens is 490 g/mol. The second-order valence-electron chi connectivity index (χ2n) is 9.19. The van der Waals surface area contributed by atoms with E-state index in [9.17, 15) is 14.9 Å². The number of hydrogen-bond acceptors (Lipinski definition) is 8. The Kier molecular flexibility index (Phi) is 6.26. The molecule has 4 heterocycles. The maximum atomic E-state index is 13.1. The minimum Gasteiger partial charge on any atom is -0.454 e. The molecule has 4 aromatic rings. The molecule has 194 valence electrons. The maximum Gasteiger partial charge on any atom is 0.287 e. The number of pyridine rings is 1. The summed E-state index contributed by atoms with van der Waals surface area (Å²) in [4.78, 5) is 31.7. The summed E-state index contributed by atoms with van der Waals surface area (Å²) in [6.45, 7) is 4.23. The Hall–Kier alpha value is -4.64. The number of ether oxygens (including phenoxy) is 3. The molecule has 0 unspecified atom stereocenters. The van der Waals surface area contributed by atoms with Gasteiger partial charge in [-0.1, -0.05) is 12.1 Å². The number of piperazine rings is 1. The Morgan fingerprint density at radius 1 is 1.03 bits per heavy atom. The van der Waals surface area contributed by atoms with Crippen LogP contribution in [0.4, 0.5) is 5.69 Å². The summed E-state index contributed by atoms with van der Waals surface area (Å²) >= 11 is 0. The van der Waals surface area contributed by atoms with Crippen LogP contribution in [0, 0.1) is 10.1 Å². The molecule has 0 N–H and O–H groups in total. The molecular formula is C27H25N5O6. The standard InChI is InChI=1S/C27H25N5O6/c33-27(30-12-10-29(11-13-30)16-19-4-6-24-25(14-19)37-18-36-24)17-31-9-8-21-22(31)2-1-3-23(21)38-26-7-5-20(15-28-26)32(34)35/h1-9,14-15H,10-13,16-18H2. The lowest BCUT2D eigenvalue weighted by atomic mass is 10.1. The predicted octanol–water partition coefficient (Wildman–Crippen LogP) is 3.81. The minimum absolute atomic E-state index is 0.0635. The highest BCUT2D eigenvalue weighted by molar-refractivity contribution is 5.88. The van der Waals surface area contributed by atoms with Gasteiger partial charge in [-0.25, -0.2) is 4.98 Å². The number of nitrogens with zero attached hydrogens (tertiary/aromatic N) is 5.